The van der Waals surface area contributed by atoms with Gasteiger partial charge < -0.3 is 10.2 Å². The van der Waals surface area contributed by atoms with Crippen molar-refractivity contribution < 1.29 is 4.79 Å². The molecule has 0 bridgehead atoms. The highest BCUT2D eigenvalue weighted by Gasteiger charge is 2.26. The van der Waals surface area contributed by atoms with E-state index in [9.17, 15) is 4.79 Å². The topological polar surface area (TPSA) is 32.3 Å². The number of rotatable bonds is 3. The molecule has 4 heteroatoms. The van der Waals surface area contributed by atoms with E-state index in [0.29, 0.717) is 5.92 Å². The third-order valence-corrected chi connectivity index (χ3v) is 5.60. The minimum Gasteiger partial charge on any atom is -0.338 e. The van der Waals surface area contributed by atoms with Gasteiger partial charge in [0.1, 0.15) is 0 Å². The van der Waals surface area contributed by atoms with Gasteiger partial charge in [-0.2, -0.15) is 0 Å². The summed E-state index contributed by atoms with van der Waals surface area (Å²) in [5, 5.41) is 4.45. The molecule has 1 atom stereocenters. The van der Waals surface area contributed by atoms with Crippen LogP contribution in [-0.2, 0) is 0 Å². The molecule has 2 aromatic rings. The molecule has 112 valence electrons. The van der Waals surface area contributed by atoms with Crippen LogP contribution in [-0.4, -0.2) is 37.5 Å². The SMILES string of the molecule is CNC[C@H]1CCCN(C(=O)c2sc3ccccc3c2C)C1. The number of likely N-dealkylation sites (tertiary alicyclic amines) is 1. The molecule has 0 radical (unpaired) electrons. The van der Waals surface area contributed by atoms with Crippen molar-refractivity contribution >= 4 is 27.3 Å². The third-order valence-electron chi connectivity index (χ3n) is 4.34. The zero-order valence-electron chi connectivity index (χ0n) is 12.7. The largest absolute Gasteiger partial charge is 0.338 e. The zero-order valence-corrected chi connectivity index (χ0v) is 13.5. The van der Waals surface area contributed by atoms with Gasteiger partial charge in [-0.3, -0.25) is 4.79 Å². The molecule has 1 fully saturated rings. The Morgan fingerprint density at radius 1 is 1.43 bits per heavy atom. The standard InChI is InChI=1S/C17H22N2OS/c1-12-14-7-3-4-8-15(14)21-16(12)17(20)19-9-5-6-13(11-19)10-18-2/h3-4,7-8,13,18H,5-6,9-11H2,1-2H3/t13-/m1/s1. The quantitative estimate of drug-likeness (QED) is 0.943. The monoisotopic (exact) mass is 302 g/mol. The summed E-state index contributed by atoms with van der Waals surface area (Å²) in [5.74, 6) is 0.803. The van der Waals surface area contributed by atoms with E-state index < -0.39 is 0 Å². The summed E-state index contributed by atoms with van der Waals surface area (Å²) in [6, 6.07) is 8.29. The summed E-state index contributed by atoms with van der Waals surface area (Å²) in [6.07, 6.45) is 2.33. The van der Waals surface area contributed by atoms with E-state index in [2.05, 4.69) is 24.4 Å². The second-order valence-electron chi connectivity index (χ2n) is 5.87. The number of hydrogen-bond donors (Lipinski definition) is 1. The summed E-state index contributed by atoms with van der Waals surface area (Å²) in [5.41, 5.74) is 1.14. The lowest BCUT2D eigenvalue weighted by atomic mass is 9.97. The molecular weight excluding hydrogens is 280 g/mol. The van der Waals surface area contributed by atoms with Crippen LogP contribution in [0, 0.1) is 12.8 Å². The number of carbonyl (C=O) groups excluding carboxylic acids is 1. The Morgan fingerprint density at radius 3 is 3.00 bits per heavy atom. The molecule has 1 aliphatic rings. The maximum absolute atomic E-state index is 12.9. The Morgan fingerprint density at radius 2 is 2.24 bits per heavy atom. The van der Waals surface area contributed by atoms with Crippen molar-refractivity contribution in [3.63, 3.8) is 0 Å². The number of thiophene rings is 1. The van der Waals surface area contributed by atoms with Crippen LogP contribution in [0.1, 0.15) is 28.1 Å². The first kappa shape index (κ1) is 14.5. The lowest BCUT2D eigenvalue weighted by Gasteiger charge is -2.32. The molecule has 21 heavy (non-hydrogen) atoms. The van der Waals surface area contributed by atoms with Crippen molar-refractivity contribution in [1.29, 1.82) is 0 Å². The summed E-state index contributed by atoms with van der Waals surface area (Å²) in [6.45, 7) is 4.84. The summed E-state index contributed by atoms with van der Waals surface area (Å²) < 4.78 is 1.21. The minimum absolute atomic E-state index is 0.217. The van der Waals surface area contributed by atoms with Gasteiger partial charge >= 0.3 is 0 Å². The fraction of sp³-hybridized carbons (Fsp3) is 0.471. The number of nitrogens with zero attached hydrogens (tertiary/aromatic N) is 1. The summed E-state index contributed by atoms with van der Waals surface area (Å²) in [4.78, 5) is 15.8. The molecule has 1 aliphatic heterocycles. The van der Waals surface area contributed by atoms with Gasteiger partial charge in [0.15, 0.2) is 0 Å². The first-order chi connectivity index (χ1) is 10.2. The number of amides is 1. The normalized spacial score (nSPS) is 19.1. The molecule has 0 aliphatic carbocycles. The maximum atomic E-state index is 12.9. The lowest BCUT2D eigenvalue weighted by Crippen LogP contribution is -2.42. The van der Waals surface area contributed by atoms with Crippen molar-refractivity contribution in [2.45, 2.75) is 19.8 Å². The highest BCUT2D eigenvalue weighted by atomic mass is 32.1. The average Bonchev–Trinajstić information content (AvgIpc) is 2.85. The molecule has 1 saturated heterocycles. The van der Waals surface area contributed by atoms with Crippen molar-refractivity contribution in [2.24, 2.45) is 5.92 Å². The zero-order chi connectivity index (χ0) is 14.8. The van der Waals surface area contributed by atoms with Crippen LogP contribution in [0.3, 0.4) is 0 Å². The first-order valence-corrected chi connectivity index (χ1v) is 8.44. The molecule has 2 heterocycles. The van der Waals surface area contributed by atoms with Gasteiger partial charge in [0.2, 0.25) is 0 Å². The second kappa shape index (κ2) is 6.16. The Kier molecular flexibility index (Phi) is 4.27. The molecule has 0 unspecified atom stereocenters. The van der Waals surface area contributed by atoms with E-state index >= 15 is 0 Å². The first-order valence-electron chi connectivity index (χ1n) is 7.62. The fourth-order valence-corrected chi connectivity index (χ4v) is 4.40. The van der Waals surface area contributed by atoms with Crippen LogP contribution in [0.15, 0.2) is 24.3 Å². The van der Waals surface area contributed by atoms with E-state index in [1.54, 1.807) is 11.3 Å². The summed E-state index contributed by atoms with van der Waals surface area (Å²) in [7, 11) is 1.98. The number of hydrogen-bond acceptors (Lipinski definition) is 3. The average molecular weight is 302 g/mol. The van der Waals surface area contributed by atoms with E-state index in [0.717, 1.165) is 36.5 Å². The minimum atomic E-state index is 0.217. The molecular formula is C17H22N2OS. The maximum Gasteiger partial charge on any atom is 0.264 e. The van der Waals surface area contributed by atoms with Crippen LogP contribution in [0.25, 0.3) is 10.1 Å². The molecule has 0 saturated carbocycles. The van der Waals surface area contributed by atoms with Crippen molar-refractivity contribution in [2.75, 3.05) is 26.7 Å². The van der Waals surface area contributed by atoms with E-state index in [4.69, 9.17) is 0 Å². The Bertz CT molecular complexity index is 647. The van der Waals surface area contributed by atoms with Crippen LogP contribution in [0.5, 0.6) is 0 Å². The summed E-state index contributed by atoms with van der Waals surface area (Å²) >= 11 is 1.63. The van der Waals surface area contributed by atoms with Gasteiger partial charge in [-0.25, -0.2) is 0 Å². The number of piperidine rings is 1. The predicted molar refractivity (Wildman–Crippen MR) is 89.1 cm³/mol. The molecule has 3 nitrogen and oxygen atoms in total. The molecule has 0 spiro atoms. The Balaban J connectivity index is 1.84. The van der Waals surface area contributed by atoms with Gasteiger partial charge in [-0.15, -0.1) is 11.3 Å². The van der Waals surface area contributed by atoms with E-state index in [1.165, 1.54) is 16.5 Å². The highest BCUT2D eigenvalue weighted by molar-refractivity contribution is 7.21. The lowest BCUT2D eigenvalue weighted by molar-refractivity contribution is 0.0678. The number of aryl methyl sites for hydroxylation is 1. The number of benzene rings is 1. The van der Waals surface area contributed by atoms with E-state index in [-0.39, 0.29) is 5.91 Å². The van der Waals surface area contributed by atoms with Crippen LogP contribution in [0.2, 0.25) is 0 Å². The molecule has 3 rings (SSSR count). The second-order valence-corrected chi connectivity index (χ2v) is 6.92. The van der Waals surface area contributed by atoms with Gasteiger partial charge in [-0.1, -0.05) is 18.2 Å². The van der Waals surface area contributed by atoms with Gasteiger partial charge in [0.25, 0.3) is 5.91 Å². The van der Waals surface area contributed by atoms with Gasteiger partial charge in [0.05, 0.1) is 4.88 Å². The van der Waals surface area contributed by atoms with Crippen LogP contribution in [0.4, 0.5) is 0 Å². The molecule has 1 aromatic carbocycles. The Hall–Kier alpha value is -1.39. The highest BCUT2D eigenvalue weighted by Crippen LogP contribution is 2.32. The van der Waals surface area contributed by atoms with Crippen molar-refractivity contribution in [3.05, 3.63) is 34.7 Å². The molecule has 1 amide bonds. The van der Waals surface area contributed by atoms with E-state index in [1.807, 2.05) is 24.1 Å². The number of fused-ring (bicyclic) bond motifs is 1. The van der Waals surface area contributed by atoms with Gasteiger partial charge in [-0.05, 0) is 56.3 Å². The van der Waals surface area contributed by atoms with Crippen LogP contribution < -0.4 is 5.32 Å². The third kappa shape index (κ3) is 2.83. The van der Waals surface area contributed by atoms with Crippen molar-refractivity contribution in [3.8, 4) is 0 Å². The molecule has 1 aromatic heterocycles. The van der Waals surface area contributed by atoms with Crippen LogP contribution >= 0.6 is 11.3 Å². The number of carbonyl (C=O) groups is 1. The Labute approximate surface area is 130 Å². The van der Waals surface area contributed by atoms with Gasteiger partial charge in [0, 0.05) is 17.8 Å². The molecule has 1 N–H and O–H groups in total. The number of nitrogens with one attached hydrogen (secondary N) is 1. The smallest absolute Gasteiger partial charge is 0.264 e. The predicted octanol–water partition coefficient (Wildman–Crippen LogP) is 3.28. The fourth-order valence-electron chi connectivity index (χ4n) is 3.23. The van der Waals surface area contributed by atoms with Crippen molar-refractivity contribution in [1.82, 2.24) is 10.2 Å².